The molecule has 0 aromatic carbocycles. The normalized spacial score (nSPS) is 16.7. The second-order valence-corrected chi connectivity index (χ2v) is 12.6. The van der Waals surface area contributed by atoms with Crippen LogP contribution in [0, 0.1) is 18.8 Å². The minimum absolute atomic E-state index is 0.0970. The maximum absolute atomic E-state index is 12.6. The Balaban J connectivity index is 1.38. The molecule has 8 heteroatoms. The fourth-order valence-electron chi connectivity index (χ4n) is 5.38. The van der Waals surface area contributed by atoms with Gasteiger partial charge in [0.05, 0.1) is 16.9 Å². The van der Waals surface area contributed by atoms with Crippen LogP contribution < -0.4 is 11.1 Å². The summed E-state index contributed by atoms with van der Waals surface area (Å²) in [5.41, 5.74) is 16.2. The summed E-state index contributed by atoms with van der Waals surface area (Å²) in [6.45, 7) is 10.1. The Bertz CT molecular complexity index is 1810. The predicted molar refractivity (Wildman–Crippen MR) is 172 cm³/mol. The zero-order chi connectivity index (χ0) is 29.4. The van der Waals surface area contributed by atoms with E-state index in [-0.39, 0.29) is 17.7 Å². The summed E-state index contributed by atoms with van der Waals surface area (Å²) in [4.78, 5) is 23.7. The zero-order valence-corrected chi connectivity index (χ0v) is 25.1. The largest absolute Gasteiger partial charge is 0.402 e. The fourth-order valence-corrected chi connectivity index (χ4v) is 6.29. The van der Waals surface area contributed by atoms with Gasteiger partial charge in [0.1, 0.15) is 11.2 Å². The molecule has 2 aliphatic rings. The first-order valence-corrected chi connectivity index (χ1v) is 15.3. The van der Waals surface area contributed by atoms with Crippen LogP contribution in [0.15, 0.2) is 78.7 Å². The number of carbonyl (C=O) groups is 1. The lowest BCUT2D eigenvalue weighted by atomic mass is 9.85. The molecule has 7 nitrogen and oxygen atoms in total. The van der Waals surface area contributed by atoms with E-state index < -0.39 is 0 Å². The number of amides is 1. The van der Waals surface area contributed by atoms with Gasteiger partial charge in [-0.3, -0.25) is 9.89 Å². The lowest BCUT2D eigenvalue weighted by Gasteiger charge is -2.24. The maximum Gasteiger partial charge on any atom is 0.227 e. The number of nitrogens with one attached hydrogen (secondary N) is 3. The van der Waals surface area contributed by atoms with E-state index in [4.69, 9.17) is 10.7 Å². The van der Waals surface area contributed by atoms with Crippen LogP contribution in [-0.2, 0) is 11.2 Å². The zero-order valence-electron chi connectivity index (χ0n) is 24.3. The average Bonchev–Trinajstić information content (AvgIpc) is 3.63. The SMILES string of the molecule is C=C[C@H](C)/C=C(\C=C(/C)NC(=O)C1CCC1)c1ccc2[nH]nc(-c3cc4c([nH]3)CC(N)=CC=C4c3ccc(C)s3)c2n1. The molecule has 4 aromatic heterocycles. The molecule has 1 amide bonds. The molecular weight excluding hydrogens is 540 g/mol. The fraction of sp³-hybridized carbons (Fsp3) is 0.265. The number of nitrogens with two attached hydrogens (primary N) is 1. The van der Waals surface area contributed by atoms with Crippen molar-refractivity contribution in [1.29, 1.82) is 0 Å². The molecule has 0 unspecified atom stereocenters. The molecule has 1 fully saturated rings. The molecule has 0 spiro atoms. The highest BCUT2D eigenvalue weighted by molar-refractivity contribution is 7.13. The van der Waals surface area contributed by atoms with E-state index in [1.165, 1.54) is 9.75 Å². The smallest absolute Gasteiger partial charge is 0.227 e. The quantitative estimate of drug-likeness (QED) is 0.131. The van der Waals surface area contributed by atoms with Crippen LogP contribution in [0.25, 0.3) is 33.6 Å². The average molecular weight is 577 g/mol. The third-order valence-corrected chi connectivity index (χ3v) is 9.02. The van der Waals surface area contributed by atoms with Crippen LogP contribution >= 0.6 is 11.3 Å². The molecule has 0 aliphatic heterocycles. The van der Waals surface area contributed by atoms with Gasteiger partial charge < -0.3 is 16.0 Å². The number of aromatic nitrogens is 4. The van der Waals surface area contributed by atoms with Crippen molar-refractivity contribution < 1.29 is 4.79 Å². The summed E-state index contributed by atoms with van der Waals surface area (Å²) in [5, 5.41) is 10.9. The first-order valence-electron chi connectivity index (χ1n) is 14.4. The van der Waals surface area contributed by atoms with Gasteiger partial charge in [0, 0.05) is 50.3 Å². The molecule has 0 bridgehead atoms. The third kappa shape index (κ3) is 5.54. The summed E-state index contributed by atoms with van der Waals surface area (Å²) in [7, 11) is 0. The van der Waals surface area contributed by atoms with Crippen molar-refractivity contribution in [3.05, 3.63) is 105 Å². The Labute approximate surface area is 250 Å². The summed E-state index contributed by atoms with van der Waals surface area (Å²) in [5.74, 6) is 0.341. The van der Waals surface area contributed by atoms with Gasteiger partial charge >= 0.3 is 0 Å². The second-order valence-electron chi connectivity index (χ2n) is 11.3. The Morgan fingerprint density at radius 3 is 2.79 bits per heavy atom. The first-order chi connectivity index (χ1) is 20.3. The van der Waals surface area contributed by atoms with Crippen LogP contribution in [-0.4, -0.2) is 26.1 Å². The van der Waals surface area contributed by atoms with Crippen molar-refractivity contribution in [2.24, 2.45) is 17.6 Å². The summed E-state index contributed by atoms with van der Waals surface area (Å²) in [6.07, 6.45) is 13.8. The van der Waals surface area contributed by atoms with Crippen molar-refractivity contribution in [2.75, 3.05) is 0 Å². The number of hydrogen-bond acceptors (Lipinski definition) is 5. The van der Waals surface area contributed by atoms with Crippen molar-refractivity contribution >= 4 is 39.4 Å². The lowest BCUT2D eigenvalue weighted by Crippen LogP contribution is -2.33. The van der Waals surface area contributed by atoms with Gasteiger partial charge in [0.2, 0.25) is 5.91 Å². The molecule has 1 saturated carbocycles. The highest BCUT2D eigenvalue weighted by Gasteiger charge is 2.25. The van der Waals surface area contributed by atoms with Gasteiger partial charge in [-0.15, -0.1) is 17.9 Å². The number of rotatable bonds is 8. The minimum Gasteiger partial charge on any atom is -0.402 e. The van der Waals surface area contributed by atoms with Gasteiger partial charge in [0.25, 0.3) is 0 Å². The van der Waals surface area contributed by atoms with Crippen LogP contribution in [0.5, 0.6) is 0 Å². The van der Waals surface area contributed by atoms with Gasteiger partial charge in [-0.1, -0.05) is 31.6 Å². The van der Waals surface area contributed by atoms with Crippen molar-refractivity contribution in [2.45, 2.75) is 46.5 Å². The highest BCUT2D eigenvalue weighted by Crippen LogP contribution is 2.37. The van der Waals surface area contributed by atoms with Gasteiger partial charge in [0.15, 0.2) is 0 Å². The van der Waals surface area contributed by atoms with Crippen LogP contribution in [0.3, 0.4) is 0 Å². The lowest BCUT2D eigenvalue weighted by molar-refractivity contribution is -0.126. The molecule has 4 heterocycles. The van der Waals surface area contributed by atoms with Crippen molar-refractivity contribution in [1.82, 2.24) is 25.5 Å². The molecule has 5 N–H and O–H groups in total. The van der Waals surface area contributed by atoms with Crippen molar-refractivity contribution in [3.8, 4) is 11.4 Å². The molecule has 0 saturated heterocycles. The van der Waals surface area contributed by atoms with E-state index in [9.17, 15) is 4.79 Å². The van der Waals surface area contributed by atoms with Crippen LogP contribution in [0.2, 0.25) is 0 Å². The number of fused-ring (bicyclic) bond motifs is 2. The summed E-state index contributed by atoms with van der Waals surface area (Å²) >= 11 is 1.77. The Morgan fingerprint density at radius 1 is 1.24 bits per heavy atom. The van der Waals surface area contributed by atoms with Crippen LogP contribution in [0.4, 0.5) is 0 Å². The number of H-pyrrole nitrogens is 2. The molecule has 0 radical (unpaired) electrons. The van der Waals surface area contributed by atoms with E-state index in [1.807, 2.05) is 37.3 Å². The molecule has 1 atom stereocenters. The summed E-state index contributed by atoms with van der Waals surface area (Å²) in [6, 6.07) is 10.5. The molecule has 6 rings (SSSR count). The highest BCUT2D eigenvalue weighted by atomic mass is 32.1. The minimum atomic E-state index is 0.0970. The Kier molecular flexibility index (Phi) is 7.56. The monoisotopic (exact) mass is 576 g/mol. The molecule has 214 valence electrons. The third-order valence-electron chi connectivity index (χ3n) is 7.98. The number of nitrogens with zero attached hydrogens (tertiary/aromatic N) is 2. The second kappa shape index (κ2) is 11.4. The number of thiophene rings is 1. The van der Waals surface area contributed by atoms with Gasteiger partial charge in [-0.05, 0) is 80.7 Å². The molecule has 4 aromatic rings. The molecular formula is C34H36N6OS. The number of hydrogen-bond donors (Lipinski definition) is 4. The number of carbonyl (C=O) groups excluding carboxylic acids is 1. The van der Waals surface area contributed by atoms with Crippen molar-refractivity contribution in [3.63, 3.8) is 0 Å². The van der Waals surface area contributed by atoms with E-state index in [2.05, 4.69) is 71.3 Å². The van der Waals surface area contributed by atoms with E-state index in [0.717, 1.165) is 81.2 Å². The first kappa shape index (κ1) is 27.7. The number of aryl methyl sites for hydroxylation is 1. The standard InChI is InChI=1S/C34H36N6OS/c1-5-19(2)15-23(16-20(3)36-34(41)22-7-6-8-22)27-12-13-28-32(38-27)33(40-39-28)30-18-26-25(31-14-9-21(4)42-31)11-10-24(35)17-29(26)37-30/h5,9-16,18-19,22,37H,1,6-8,17,35H2,2-4H3,(H,36,41)(H,39,40)/b20-16+,23-15+/t19-/m0/s1. The number of pyridine rings is 1. The number of aromatic amines is 2. The molecule has 2 aliphatic carbocycles. The topological polar surface area (TPSA) is 112 Å². The van der Waals surface area contributed by atoms with Crippen LogP contribution in [0.1, 0.15) is 59.8 Å². The van der Waals surface area contributed by atoms with E-state index in [1.54, 1.807) is 11.3 Å². The predicted octanol–water partition coefficient (Wildman–Crippen LogP) is 7.18. The Hall–Kier alpha value is -4.43. The van der Waals surface area contributed by atoms with E-state index in [0.29, 0.717) is 6.42 Å². The number of allylic oxidation sites excluding steroid dienone is 8. The van der Waals surface area contributed by atoms with Gasteiger partial charge in [-0.25, -0.2) is 4.98 Å². The van der Waals surface area contributed by atoms with E-state index >= 15 is 0 Å². The Morgan fingerprint density at radius 2 is 2.07 bits per heavy atom. The van der Waals surface area contributed by atoms with Gasteiger partial charge in [-0.2, -0.15) is 5.10 Å². The summed E-state index contributed by atoms with van der Waals surface area (Å²) < 4.78 is 0. The molecule has 42 heavy (non-hydrogen) atoms. The maximum atomic E-state index is 12.6.